The molecule has 0 spiro atoms. The minimum absolute atomic E-state index is 0.895. The van der Waals surface area contributed by atoms with Gasteiger partial charge in [0.05, 0.1) is 11.0 Å². The van der Waals surface area contributed by atoms with Crippen LogP contribution in [-0.2, 0) is 0 Å². The molecule has 12 aromatic carbocycles. The van der Waals surface area contributed by atoms with Crippen LogP contribution in [0.2, 0.25) is 0 Å². The molecule has 0 aliphatic heterocycles. The second-order valence-electron chi connectivity index (χ2n) is 18.7. The molecule has 3 heterocycles. The Labute approximate surface area is 408 Å². The fraction of sp³-hybridized carbons (Fsp3) is 0. The molecule has 15 rings (SSSR count). The minimum Gasteiger partial charge on any atom is -0.455 e. The Morgan fingerprint density at radius 2 is 0.648 bits per heavy atom. The highest BCUT2D eigenvalue weighted by Gasteiger charge is 2.21. The first-order chi connectivity index (χ1) is 35.2. The Hall–Kier alpha value is -9.44. The molecule has 0 N–H and O–H groups in total. The molecule has 15 aromatic rings. The molecule has 0 fully saturated rings. The van der Waals surface area contributed by atoms with Crippen LogP contribution in [-0.4, -0.2) is 4.57 Å². The number of aromatic nitrogens is 1. The van der Waals surface area contributed by atoms with Crippen LogP contribution in [0.15, 0.2) is 258 Å². The summed E-state index contributed by atoms with van der Waals surface area (Å²) in [4.78, 5) is 0. The summed E-state index contributed by atoms with van der Waals surface area (Å²) in [5, 5.41) is 11.8. The Morgan fingerprint density at radius 1 is 0.239 bits per heavy atom. The van der Waals surface area contributed by atoms with Crippen molar-refractivity contribution < 1.29 is 8.83 Å². The van der Waals surface area contributed by atoms with Gasteiger partial charge in [-0.05, 0) is 121 Å². The van der Waals surface area contributed by atoms with E-state index in [1.165, 1.54) is 49.4 Å². The Kier molecular flexibility index (Phi) is 8.66. The second kappa shape index (κ2) is 15.5. The molecular formula is C68H41NO2. The Balaban J connectivity index is 0.912. The van der Waals surface area contributed by atoms with E-state index in [2.05, 4.69) is 241 Å². The van der Waals surface area contributed by atoms with Gasteiger partial charge in [0.1, 0.15) is 22.3 Å². The van der Waals surface area contributed by atoms with E-state index in [0.29, 0.717) is 0 Å². The molecule has 330 valence electrons. The van der Waals surface area contributed by atoms with Crippen molar-refractivity contribution in [2.24, 2.45) is 0 Å². The molecule has 0 atom stereocenters. The van der Waals surface area contributed by atoms with Gasteiger partial charge in [0.15, 0.2) is 0 Å². The molecule has 0 aliphatic carbocycles. The van der Waals surface area contributed by atoms with Crippen LogP contribution in [0.1, 0.15) is 0 Å². The van der Waals surface area contributed by atoms with Gasteiger partial charge in [0, 0.05) is 49.1 Å². The van der Waals surface area contributed by atoms with Gasteiger partial charge in [-0.1, -0.05) is 194 Å². The lowest BCUT2D eigenvalue weighted by atomic mass is 9.85. The van der Waals surface area contributed by atoms with Crippen LogP contribution < -0.4 is 0 Å². The topological polar surface area (TPSA) is 31.2 Å². The highest BCUT2D eigenvalue weighted by Crippen LogP contribution is 2.46. The standard InChI is InChI=1S/C68H41NO2/c1-3-15-43(16-4-1)65-53-21-7-8-22-54(53)66(44-17-5-2-6-18-44)60-39-45(31-36-55(60)65)42-29-34-48(35-30-42)69-61-37-32-46(49-23-13-25-56-51-19-9-11-27-63(51)70-67(49)56)40-58(61)59-41-47(33-38-62(59)69)50-24-14-26-57-52-20-10-12-28-64(52)71-68(50)57/h1-41H. The smallest absolute Gasteiger partial charge is 0.143 e. The quantitative estimate of drug-likeness (QED) is 0.156. The minimum atomic E-state index is 0.895. The lowest BCUT2D eigenvalue weighted by Crippen LogP contribution is -1.94. The molecule has 71 heavy (non-hydrogen) atoms. The molecule has 0 amide bonds. The van der Waals surface area contributed by atoms with Crippen molar-refractivity contribution in [2.75, 3.05) is 0 Å². The van der Waals surface area contributed by atoms with E-state index in [4.69, 9.17) is 8.83 Å². The molecule has 3 aromatic heterocycles. The fourth-order valence-electron chi connectivity index (χ4n) is 11.6. The lowest BCUT2D eigenvalue weighted by molar-refractivity contribution is 0.669. The molecule has 3 nitrogen and oxygen atoms in total. The number of para-hydroxylation sites is 4. The molecule has 0 unspecified atom stereocenters. The van der Waals surface area contributed by atoms with Gasteiger partial charge in [-0.15, -0.1) is 0 Å². The molecule has 0 radical (unpaired) electrons. The van der Waals surface area contributed by atoms with Crippen molar-refractivity contribution in [3.63, 3.8) is 0 Å². The number of benzene rings is 12. The number of fused-ring (bicyclic) bond motifs is 11. The van der Waals surface area contributed by atoms with Crippen molar-refractivity contribution >= 4 is 87.2 Å². The second-order valence-corrected chi connectivity index (χ2v) is 18.7. The van der Waals surface area contributed by atoms with Gasteiger partial charge >= 0.3 is 0 Å². The SMILES string of the molecule is c1ccc(-c2c3ccccc3c(-c3ccccc3)c3cc(-c4ccc(-n5c6ccc(-c7cccc8c7oc7ccccc78)cc6c6cc(-c7cccc8c7oc7ccccc78)ccc65)cc4)ccc23)cc1. The molecule has 0 saturated carbocycles. The largest absolute Gasteiger partial charge is 0.455 e. The molecule has 0 saturated heterocycles. The van der Waals surface area contributed by atoms with Crippen LogP contribution in [0.5, 0.6) is 0 Å². The summed E-state index contributed by atoms with van der Waals surface area (Å²) in [5.74, 6) is 0. The van der Waals surface area contributed by atoms with E-state index in [9.17, 15) is 0 Å². The summed E-state index contributed by atoms with van der Waals surface area (Å²) in [6.45, 7) is 0. The third kappa shape index (κ3) is 6.10. The molecule has 0 bridgehead atoms. The van der Waals surface area contributed by atoms with Gasteiger partial charge in [-0.3, -0.25) is 0 Å². The molecule has 0 aliphatic rings. The molecular weight excluding hydrogens is 863 g/mol. The van der Waals surface area contributed by atoms with E-state index in [1.807, 2.05) is 12.1 Å². The monoisotopic (exact) mass is 903 g/mol. The van der Waals surface area contributed by atoms with Crippen LogP contribution >= 0.6 is 0 Å². The van der Waals surface area contributed by atoms with Gasteiger partial charge in [0.2, 0.25) is 0 Å². The average molecular weight is 904 g/mol. The van der Waals surface area contributed by atoms with E-state index in [-0.39, 0.29) is 0 Å². The highest BCUT2D eigenvalue weighted by molar-refractivity contribution is 6.22. The van der Waals surface area contributed by atoms with E-state index < -0.39 is 0 Å². The van der Waals surface area contributed by atoms with Crippen molar-refractivity contribution in [3.8, 4) is 61.3 Å². The summed E-state index contributed by atoms with van der Waals surface area (Å²) < 4.78 is 15.6. The Morgan fingerprint density at radius 3 is 1.18 bits per heavy atom. The van der Waals surface area contributed by atoms with Gasteiger partial charge in [-0.2, -0.15) is 0 Å². The average Bonchev–Trinajstić information content (AvgIpc) is 4.12. The zero-order chi connectivity index (χ0) is 46.6. The van der Waals surface area contributed by atoms with Crippen molar-refractivity contribution in [1.82, 2.24) is 4.57 Å². The van der Waals surface area contributed by atoms with Crippen LogP contribution in [0.3, 0.4) is 0 Å². The lowest BCUT2D eigenvalue weighted by Gasteiger charge is -2.19. The summed E-state index contributed by atoms with van der Waals surface area (Å²) in [5.41, 5.74) is 18.6. The highest BCUT2D eigenvalue weighted by atomic mass is 16.3. The van der Waals surface area contributed by atoms with E-state index in [1.54, 1.807) is 0 Å². The first kappa shape index (κ1) is 39.5. The van der Waals surface area contributed by atoms with Gasteiger partial charge < -0.3 is 13.4 Å². The Bertz CT molecular complexity index is 4440. The van der Waals surface area contributed by atoms with Gasteiger partial charge in [0.25, 0.3) is 0 Å². The number of hydrogen-bond acceptors (Lipinski definition) is 2. The fourth-order valence-corrected chi connectivity index (χ4v) is 11.6. The third-order valence-corrected chi connectivity index (χ3v) is 14.8. The molecule has 3 heteroatoms. The predicted octanol–water partition coefficient (Wildman–Crippen LogP) is 19.2. The first-order valence-corrected chi connectivity index (χ1v) is 24.3. The maximum Gasteiger partial charge on any atom is 0.143 e. The van der Waals surface area contributed by atoms with Gasteiger partial charge in [-0.25, -0.2) is 0 Å². The van der Waals surface area contributed by atoms with Crippen molar-refractivity contribution in [2.45, 2.75) is 0 Å². The first-order valence-electron chi connectivity index (χ1n) is 24.3. The van der Waals surface area contributed by atoms with Crippen LogP contribution in [0.4, 0.5) is 0 Å². The normalized spacial score (nSPS) is 11.9. The van der Waals surface area contributed by atoms with Crippen LogP contribution in [0, 0.1) is 0 Å². The van der Waals surface area contributed by atoms with Crippen molar-refractivity contribution in [3.05, 3.63) is 249 Å². The summed E-state index contributed by atoms with van der Waals surface area (Å²) >= 11 is 0. The summed E-state index contributed by atoms with van der Waals surface area (Å²) in [6.07, 6.45) is 0. The number of furan rings is 2. The number of nitrogens with zero attached hydrogens (tertiary/aromatic N) is 1. The third-order valence-electron chi connectivity index (χ3n) is 14.8. The number of rotatable bonds is 6. The summed E-state index contributed by atoms with van der Waals surface area (Å²) in [6, 6.07) is 90.0. The number of hydrogen-bond donors (Lipinski definition) is 0. The van der Waals surface area contributed by atoms with Crippen molar-refractivity contribution in [1.29, 1.82) is 0 Å². The van der Waals surface area contributed by atoms with E-state index in [0.717, 1.165) is 99.2 Å². The zero-order valence-electron chi connectivity index (χ0n) is 38.4. The maximum absolute atomic E-state index is 6.58. The van der Waals surface area contributed by atoms with E-state index >= 15 is 0 Å². The van der Waals surface area contributed by atoms with Crippen LogP contribution in [0.25, 0.3) is 149 Å². The zero-order valence-corrected chi connectivity index (χ0v) is 38.4. The predicted molar refractivity (Wildman–Crippen MR) is 298 cm³/mol. The summed E-state index contributed by atoms with van der Waals surface area (Å²) in [7, 11) is 0. The maximum atomic E-state index is 6.58.